The third kappa shape index (κ3) is 3.58. The Kier molecular flexibility index (Phi) is 5.19. The van der Waals surface area contributed by atoms with Crippen molar-refractivity contribution in [2.45, 2.75) is 57.8 Å². The van der Waals surface area contributed by atoms with E-state index in [9.17, 15) is 18.0 Å². The number of carbonyl (C=O) groups is 1. The third-order valence-electron chi connectivity index (χ3n) is 6.47. The van der Waals surface area contributed by atoms with Gasteiger partial charge in [-0.2, -0.15) is 18.3 Å². The molecule has 2 aliphatic heterocycles. The lowest BCUT2D eigenvalue weighted by atomic mass is 9.81. The van der Waals surface area contributed by atoms with Gasteiger partial charge < -0.3 is 4.90 Å². The number of piperidine rings is 1. The summed E-state index contributed by atoms with van der Waals surface area (Å²) in [4.78, 5) is 24.6. The Morgan fingerprint density at radius 1 is 1.18 bits per heavy atom. The monoisotopic (exact) mass is 475 g/mol. The summed E-state index contributed by atoms with van der Waals surface area (Å²) in [6.45, 7) is 3.73. The molecule has 0 spiro atoms. The van der Waals surface area contributed by atoms with Crippen LogP contribution in [0.5, 0.6) is 0 Å². The van der Waals surface area contributed by atoms with Gasteiger partial charge in [-0.25, -0.2) is 9.97 Å². The Morgan fingerprint density at radius 2 is 1.97 bits per heavy atom. The molecule has 6 nitrogen and oxygen atoms in total. The molecule has 1 saturated heterocycles. The van der Waals surface area contributed by atoms with Crippen molar-refractivity contribution < 1.29 is 18.0 Å². The van der Waals surface area contributed by atoms with Crippen LogP contribution in [0.4, 0.5) is 13.2 Å². The summed E-state index contributed by atoms with van der Waals surface area (Å²) in [7, 11) is 0. The smallest absolute Gasteiger partial charge is 0.327 e. The number of halogens is 4. The normalized spacial score (nSPS) is 20.0. The van der Waals surface area contributed by atoms with Crippen LogP contribution >= 0.6 is 11.6 Å². The topological polar surface area (TPSA) is 74.8 Å². The van der Waals surface area contributed by atoms with E-state index in [0.29, 0.717) is 18.7 Å². The minimum absolute atomic E-state index is 0.138. The molecule has 1 aromatic carbocycles. The lowest BCUT2D eigenvalue weighted by Crippen LogP contribution is -2.50. The number of nitrogens with one attached hydrogen (secondary N) is 1. The lowest BCUT2D eigenvalue weighted by molar-refractivity contribution is -0.137. The maximum atomic E-state index is 13.6. The van der Waals surface area contributed by atoms with E-state index >= 15 is 0 Å². The van der Waals surface area contributed by atoms with Crippen LogP contribution in [0.25, 0.3) is 11.4 Å². The maximum Gasteiger partial charge on any atom is 0.417 e. The van der Waals surface area contributed by atoms with Crippen LogP contribution in [0.15, 0.2) is 24.4 Å². The summed E-state index contributed by atoms with van der Waals surface area (Å²) in [6.07, 6.45) is -0.0240. The number of rotatable bonds is 2. The number of carbonyl (C=O) groups excluding carboxylic acids is 1. The Hall–Kier alpha value is -2.94. The minimum atomic E-state index is -4.64. The van der Waals surface area contributed by atoms with Crippen LogP contribution in [0.2, 0.25) is 5.02 Å². The van der Waals surface area contributed by atoms with Gasteiger partial charge in [0.25, 0.3) is 5.91 Å². The molecule has 10 heteroatoms. The average molecular weight is 476 g/mol. The first kappa shape index (κ1) is 21.9. The predicted molar refractivity (Wildman–Crippen MR) is 116 cm³/mol. The highest BCUT2D eigenvalue weighted by Gasteiger charge is 2.44. The van der Waals surface area contributed by atoms with Gasteiger partial charge in [0.15, 0.2) is 0 Å². The molecule has 1 fully saturated rings. The van der Waals surface area contributed by atoms with Gasteiger partial charge in [-0.05, 0) is 57.2 Å². The Bertz CT molecular complexity index is 1260. The predicted octanol–water partition coefficient (Wildman–Crippen LogP) is 5.45. The first-order chi connectivity index (χ1) is 15.7. The van der Waals surface area contributed by atoms with Crippen molar-refractivity contribution in [3.63, 3.8) is 0 Å². The zero-order chi connectivity index (χ0) is 23.5. The highest BCUT2D eigenvalue weighted by molar-refractivity contribution is 6.34. The van der Waals surface area contributed by atoms with E-state index in [1.54, 1.807) is 18.0 Å². The quantitative estimate of drug-likeness (QED) is 0.535. The molecule has 2 unspecified atom stereocenters. The fourth-order valence-corrected chi connectivity index (χ4v) is 5.34. The molecule has 2 aliphatic rings. The minimum Gasteiger partial charge on any atom is -0.327 e. The van der Waals surface area contributed by atoms with Gasteiger partial charge in [0.05, 0.1) is 33.6 Å². The van der Waals surface area contributed by atoms with E-state index < -0.39 is 22.7 Å². The summed E-state index contributed by atoms with van der Waals surface area (Å²) in [5.41, 5.74) is 2.99. The first-order valence-electron chi connectivity index (χ1n) is 10.7. The molecule has 2 bridgehead atoms. The lowest BCUT2D eigenvalue weighted by Gasteiger charge is -2.46. The Balaban J connectivity index is 1.61. The average Bonchev–Trinajstić information content (AvgIpc) is 3.18. The molecule has 2 atom stereocenters. The van der Waals surface area contributed by atoms with Crippen LogP contribution < -0.4 is 0 Å². The van der Waals surface area contributed by atoms with Crippen molar-refractivity contribution in [1.29, 1.82) is 0 Å². The summed E-state index contributed by atoms with van der Waals surface area (Å²) in [5, 5.41) is 6.65. The van der Waals surface area contributed by atoms with Crippen molar-refractivity contribution in [3.8, 4) is 11.4 Å². The molecule has 1 N–H and O–H groups in total. The first-order valence-corrected chi connectivity index (χ1v) is 11.1. The number of hydrogen-bond donors (Lipinski definition) is 1. The number of aromatic amines is 1. The van der Waals surface area contributed by atoms with E-state index in [1.807, 2.05) is 6.92 Å². The van der Waals surface area contributed by atoms with Crippen molar-refractivity contribution in [1.82, 2.24) is 25.1 Å². The molecule has 0 saturated carbocycles. The van der Waals surface area contributed by atoms with E-state index in [4.69, 9.17) is 11.6 Å². The van der Waals surface area contributed by atoms with Crippen LogP contribution in [0.3, 0.4) is 0 Å². The number of H-pyrrole nitrogens is 1. The molecule has 172 valence electrons. The molecule has 5 rings (SSSR count). The SMILES string of the molecule is Cc1nc(-c2n[nH]cc2C)c2c(n1)C1CCCC(C2)N1C(=O)c1cccc(C(F)(F)F)c1Cl. The van der Waals surface area contributed by atoms with E-state index in [-0.39, 0.29) is 17.6 Å². The number of alkyl halides is 3. The molecule has 1 amide bonds. The summed E-state index contributed by atoms with van der Waals surface area (Å²) < 4.78 is 40.2. The number of hydrogen-bond acceptors (Lipinski definition) is 4. The van der Waals surface area contributed by atoms with E-state index in [0.717, 1.165) is 47.1 Å². The molecule has 3 aromatic rings. The number of aryl methyl sites for hydroxylation is 2. The third-order valence-corrected chi connectivity index (χ3v) is 6.88. The van der Waals surface area contributed by atoms with Crippen molar-refractivity contribution in [3.05, 3.63) is 63.2 Å². The molecule has 2 aromatic heterocycles. The highest BCUT2D eigenvalue weighted by atomic mass is 35.5. The largest absolute Gasteiger partial charge is 0.417 e. The van der Waals surface area contributed by atoms with Gasteiger partial charge in [0.1, 0.15) is 11.5 Å². The molecule has 4 heterocycles. The molecule has 0 radical (unpaired) electrons. The van der Waals surface area contributed by atoms with Gasteiger partial charge in [-0.3, -0.25) is 9.89 Å². The number of fused-ring (bicyclic) bond motifs is 4. The second-order valence-corrected chi connectivity index (χ2v) is 8.96. The zero-order valence-electron chi connectivity index (χ0n) is 18.0. The maximum absolute atomic E-state index is 13.6. The summed E-state index contributed by atoms with van der Waals surface area (Å²) in [6, 6.07) is 2.93. The van der Waals surface area contributed by atoms with Crippen molar-refractivity contribution >= 4 is 17.5 Å². The second-order valence-electron chi connectivity index (χ2n) is 8.58. The molecular formula is C23H21ClF3N5O. The van der Waals surface area contributed by atoms with E-state index in [2.05, 4.69) is 20.2 Å². The Morgan fingerprint density at radius 3 is 2.67 bits per heavy atom. The molecular weight excluding hydrogens is 455 g/mol. The van der Waals surface area contributed by atoms with Crippen LogP contribution in [0.1, 0.15) is 63.9 Å². The van der Waals surface area contributed by atoms with Crippen LogP contribution in [0, 0.1) is 13.8 Å². The van der Waals surface area contributed by atoms with Crippen molar-refractivity contribution in [2.75, 3.05) is 0 Å². The standard InChI is InChI=1S/C23H21ClF3N5O/c1-11-10-28-31-19(11)21-15-9-13-5-3-8-17(20(15)29-12(2)30-21)32(13)22(33)14-6-4-7-16(18(14)24)23(25,26)27/h4,6-7,10,13,17H,3,5,8-9H2,1-2H3,(H,28,31). The fraction of sp³-hybridized carbons (Fsp3) is 0.391. The highest BCUT2D eigenvalue weighted by Crippen LogP contribution is 2.45. The van der Waals surface area contributed by atoms with E-state index in [1.165, 1.54) is 12.1 Å². The zero-order valence-corrected chi connectivity index (χ0v) is 18.8. The van der Waals surface area contributed by atoms with Gasteiger partial charge in [0, 0.05) is 17.8 Å². The van der Waals surface area contributed by atoms with Gasteiger partial charge in [0.2, 0.25) is 0 Å². The van der Waals surface area contributed by atoms with Crippen molar-refractivity contribution in [2.24, 2.45) is 0 Å². The fourth-order valence-electron chi connectivity index (χ4n) is 5.03. The second kappa shape index (κ2) is 7.83. The van der Waals surface area contributed by atoms with Crippen LogP contribution in [-0.4, -0.2) is 37.0 Å². The van der Waals surface area contributed by atoms with Gasteiger partial charge >= 0.3 is 6.18 Å². The Labute approximate surface area is 193 Å². The van der Waals surface area contributed by atoms with Crippen LogP contribution in [-0.2, 0) is 12.6 Å². The van der Waals surface area contributed by atoms with Gasteiger partial charge in [-0.15, -0.1) is 0 Å². The summed E-state index contributed by atoms with van der Waals surface area (Å²) in [5.74, 6) is 0.0555. The molecule has 33 heavy (non-hydrogen) atoms. The molecule has 0 aliphatic carbocycles. The van der Waals surface area contributed by atoms with Gasteiger partial charge in [-0.1, -0.05) is 17.7 Å². The number of benzene rings is 1. The summed E-state index contributed by atoms with van der Waals surface area (Å²) >= 11 is 6.09. The number of amides is 1. The number of aromatic nitrogens is 4. The number of nitrogens with zero attached hydrogens (tertiary/aromatic N) is 4.